The topological polar surface area (TPSA) is 186 Å². The fourth-order valence-electron chi connectivity index (χ4n) is 5.53. The van der Waals surface area contributed by atoms with E-state index >= 15 is 0 Å². The van der Waals surface area contributed by atoms with Crippen molar-refractivity contribution in [3.8, 4) is 5.75 Å². The summed E-state index contributed by atoms with van der Waals surface area (Å²) in [4.78, 5) is 19.7. The number of aromatic nitrogens is 3. The van der Waals surface area contributed by atoms with Gasteiger partial charge in [0, 0.05) is 51.6 Å². The molecule has 1 aliphatic heterocycles. The molecule has 4 atom stereocenters. The van der Waals surface area contributed by atoms with Gasteiger partial charge in [-0.1, -0.05) is 12.1 Å². The van der Waals surface area contributed by atoms with Crippen LogP contribution in [0.4, 0.5) is 5.69 Å². The Labute approximate surface area is 282 Å². The van der Waals surface area contributed by atoms with E-state index in [0.29, 0.717) is 19.4 Å². The van der Waals surface area contributed by atoms with Crippen molar-refractivity contribution in [3.63, 3.8) is 0 Å². The van der Waals surface area contributed by atoms with Gasteiger partial charge in [-0.05, 0) is 65.2 Å². The third kappa shape index (κ3) is 8.55. The van der Waals surface area contributed by atoms with Crippen LogP contribution in [0.25, 0.3) is 0 Å². The van der Waals surface area contributed by atoms with Gasteiger partial charge < -0.3 is 28.6 Å². The number of carbonyl (C=O) groups excluding carboxylic acids is 1. The fraction of sp³-hybridized carbons (Fsp3) is 0.581. The van der Waals surface area contributed by atoms with Gasteiger partial charge in [0.05, 0.1) is 36.7 Å². The Kier molecular flexibility index (Phi) is 11.9. The molecule has 3 aromatic rings. The highest BCUT2D eigenvalue weighted by Gasteiger charge is 2.34. The number of sulfonamides is 2. The maximum atomic E-state index is 14.3. The molecule has 266 valence electrons. The molecular formula is C31H46N6O9S2. The largest absolute Gasteiger partial charge is 0.490 e. The summed E-state index contributed by atoms with van der Waals surface area (Å²) in [7, 11) is -4.92. The number of likely N-dealkylation sites (N-methyl/N-ethyl adjacent to an activating group) is 1. The second-order valence-corrected chi connectivity index (χ2v) is 16.0. The lowest BCUT2D eigenvalue weighted by Crippen LogP contribution is -2.48. The second kappa shape index (κ2) is 15.4. The number of aryl methyl sites for hydroxylation is 3. The molecule has 1 amide bonds. The number of benzene rings is 1. The number of rotatable bonds is 9. The standard InChI is InChI=1S/C31H46N6O9S2/c1-20-15-37(21(2)18-38)31(39)26-14-25(34-47(40,41)29-17-35(6)19-32-29)11-12-27(26)45-22(3)10-8-9-13-44-28(20)16-36(7)48(42,43)30-23(4)33-46-24(30)5/h11-12,14,17,19-22,28,34,38H,8-10,13,15-16,18H2,1-7H3/t20-,21+,22-,28-/m1/s1. The summed E-state index contributed by atoms with van der Waals surface area (Å²) in [5.41, 5.74) is 0.481. The smallest absolute Gasteiger partial charge is 0.280 e. The van der Waals surface area contributed by atoms with Crippen LogP contribution >= 0.6 is 0 Å². The predicted molar refractivity (Wildman–Crippen MR) is 177 cm³/mol. The second-order valence-electron chi connectivity index (χ2n) is 12.4. The molecule has 0 aliphatic carbocycles. The van der Waals surface area contributed by atoms with Crippen molar-refractivity contribution in [1.82, 2.24) is 23.9 Å². The Morgan fingerprint density at radius 1 is 1.17 bits per heavy atom. The van der Waals surface area contributed by atoms with E-state index < -0.39 is 44.0 Å². The average Bonchev–Trinajstić information content (AvgIpc) is 3.63. The lowest BCUT2D eigenvalue weighted by atomic mass is 10.0. The Morgan fingerprint density at radius 2 is 1.90 bits per heavy atom. The molecule has 2 N–H and O–H groups in total. The monoisotopic (exact) mass is 710 g/mol. The predicted octanol–water partition coefficient (Wildman–Crippen LogP) is 2.94. The molecule has 2 aromatic heterocycles. The first-order valence-electron chi connectivity index (χ1n) is 15.8. The summed E-state index contributed by atoms with van der Waals surface area (Å²) in [5.74, 6) is -0.449. The van der Waals surface area contributed by atoms with Crippen molar-refractivity contribution < 1.29 is 40.7 Å². The maximum absolute atomic E-state index is 14.3. The molecule has 3 heterocycles. The molecule has 0 fully saturated rings. The number of nitrogens with zero attached hydrogens (tertiary/aromatic N) is 5. The Balaban J connectivity index is 1.68. The van der Waals surface area contributed by atoms with Gasteiger partial charge in [-0.25, -0.2) is 13.4 Å². The molecule has 0 bridgehead atoms. The Bertz CT molecular complexity index is 1770. The number of imidazole rings is 1. The molecule has 17 heteroatoms. The summed E-state index contributed by atoms with van der Waals surface area (Å²) in [6, 6.07) is 3.83. The van der Waals surface area contributed by atoms with Crippen LogP contribution in [-0.4, -0.2) is 103 Å². The van der Waals surface area contributed by atoms with E-state index in [1.807, 2.05) is 13.8 Å². The van der Waals surface area contributed by atoms with Gasteiger partial charge in [-0.15, -0.1) is 0 Å². The van der Waals surface area contributed by atoms with Crippen LogP contribution < -0.4 is 9.46 Å². The van der Waals surface area contributed by atoms with E-state index in [2.05, 4.69) is 14.9 Å². The Hall–Kier alpha value is -3.51. The van der Waals surface area contributed by atoms with Crippen molar-refractivity contribution in [3.05, 3.63) is 47.7 Å². The number of hydrogen-bond acceptors (Lipinski definition) is 11. The van der Waals surface area contributed by atoms with Crippen LogP contribution in [0.3, 0.4) is 0 Å². The highest BCUT2D eigenvalue weighted by atomic mass is 32.2. The highest BCUT2D eigenvalue weighted by Crippen LogP contribution is 2.30. The quantitative estimate of drug-likeness (QED) is 0.333. The first-order chi connectivity index (χ1) is 22.5. The number of aliphatic hydroxyl groups excluding tert-OH is 1. The third-order valence-electron chi connectivity index (χ3n) is 8.33. The molecule has 0 saturated carbocycles. The number of ether oxygens (including phenoxy) is 2. The van der Waals surface area contributed by atoms with Gasteiger partial charge in [-0.2, -0.15) is 12.7 Å². The van der Waals surface area contributed by atoms with E-state index in [1.54, 1.807) is 33.9 Å². The zero-order chi connectivity index (χ0) is 35.4. The Morgan fingerprint density at radius 3 is 2.52 bits per heavy atom. The van der Waals surface area contributed by atoms with E-state index in [-0.39, 0.29) is 64.2 Å². The van der Waals surface area contributed by atoms with E-state index in [9.17, 15) is 26.7 Å². The van der Waals surface area contributed by atoms with Crippen molar-refractivity contribution in [2.75, 3.05) is 38.1 Å². The first kappa shape index (κ1) is 37.3. The number of anilines is 1. The highest BCUT2D eigenvalue weighted by molar-refractivity contribution is 7.92. The number of aliphatic hydroxyl groups is 1. The van der Waals surface area contributed by atoms with Crippen LogP contribution in [0.5, 0.6) is 5.75 Å². The lowest BCUT2D eigenvalue weighted by Gasteiger charge is -2.35. The molecule has 15 nitrogen and oxygen atoms in total. The molecule has 0 radical (unpaired) electrons. The lowest BCUT2D eigenvalue weighted by molar-refractivity contribution is -0.00835. The van der Waals surface area contributed by atoms with Crippen LogP contribution in [0.1, 0.15) is 61.8 Å². The van der Waals surface area contributed by atoms with Crippen molar-refractivity contribution >= 4 is 31.6 Å². The average molecular weight is 711 g/mol. The van der Waals surface area contributed by atoms with E-state index in [1.165, 1.54) is 45.5 Å². The van der Waals surface area contributed by atoms with Crippen molar-refractivity contribution in [2.45, 2.75) is 82.1 Å². The van der Waals surface area contributed by atoms with Crippen LogP contribution in [0, 0.1) is 19.8 Å². The zero-order valence-electron chi connectivity index (χ0n) is 28.4. The number of fused-ring (bicyclic) bond motifs is 1. The number of carbonyl (C=O) groups is 1. The zero-order valence-corrected chi connectivity index (χ0v) is 30.0. The SMILES string of the molecule is Cc1noc(C)c1S(=O)(=O)N(C)C[C@H]1OCCCC[C@@H](C)Oc2ccc(NS(=O)(=O)c3cn(C)cn3)cc2C(=O)N([C@@H](C)CO)C[C@H]1C. The first-order valence-corrected chi connectivity index (χ1v) is 18.7. The van der Waals surface area contributed by atoms with E-state index in [4.69, 9.17) is 14.0 Å². The molecule has 4 rings (SSSR count). The van der Waals surface area contributed by atoms with Crippen molar-refractivity contribution in [2.24, 2.45) is 13.0 Å². The maximum Gasteiger partial charge on any atom is 0.280 e. The summed E-state index contributed by atoms with van der Waals surface area (Å²) in [6.07, 6.45) is 3.89. The minimum atomic E-state index is -4.06. The minimum absolute atomic E-state index is 0.00400. The molecule has 0 unspecified atom stereocenters. The minimum Gasteiger partial charge on any atom is -0.490 e. The van der Waals surface area contributed by atoms with Gasteiger partial charge in [-0.3, -0.25) is 9.52 Å². The molecular weight excluding hydrogens is 665 g/mol. The third-order valence-corrected chi connectivity index (χ3v) is 11.7. The molecule has 0 saturated heterocycles. The van der Waals surface area contributed by atoms with E-state index in [0.717, 1.165) is 6.42 Å². The number of amides is 1. The molecule has 0 spiro atoms. The fourth-order valence-corrected chi connectivity index (χ4v) is 8.03. The summed E-state index contributed by atoms with van der Waals surface area (Å²) in [5, 5.41) is 13.8. The number of nitrogens with one attached hydrogen (secondary N) is 1. The van der Waals surface area contributed by atoms with Crippen LogP contribution in [0.15, 0.2) is 45.2 Å². The summed E-state index contributed by atoms with van der Waals surface area (Å²) in [6.45, 7) is 8.61. The van der Waals surface area contributed by atoms with Gasteiger partial charge in [0.25, 0.3) is 15.9 Å². The molecule has 1 aromatic carbocycles. The number of hydrogen-bond donors (Lipinski definition) is 2. The van der Waals surface area contributed by atoms with Gasteiger partial charge in [0.2, 0.25) is 10.0 Å². The van der Waals surface area contributed by atoms with Crippen LogP contribution in [0.2, 0.25) is 0 Å². The molecule has 1 aliphatic rings. The van der Waals surface area contributed by atoms with Gasteiger partial charge in [0.1, 0.15) is 16.3 Å². The van der Waals surface area contributed by atoms with Gasteiger partial charge in [0.15, 0.2) is 10.8 Å². The molecule has 48 heavy (non-hydrogen) atoms. The van der Waals surface area contributed by atoms with Crippen LogP contribution in [-0.2, 0) is 31.8 Å². The summed E-state index contributed by atoms with van der Waals surface area (Å²) >= 11 is 0. The summed E-state index contributed by atoms with van der Waals surface area (Å²) < 4.78 is 76.0. The van der Waals surface area contributed by atoms with Gasteiger partial charge >= 0.3 is 0 Å². The van der Waals surface area contributed by atoms with Crippen molar-refractivity contribution in [1.29, 1.82) is 0 Å². The normalized spacial score (nSPS) is 21.0.